The Labute approximate surface area is 128 Å². The Bertz CT molecular complexity index is 677. The standard InChI is InChI=1S/C15H15ClN4O/c1-3-11-14(21)19(2)12-9-17-15(16)18-13(12)20(11)10-7-5-4-6-8-10/h4-9,11H,3H2,1-2H3. The Morgan fingerprint density at radius 3 is 2.67 bits per heavy atom. The smallest absolute Gasteiger partial charge is 0.250 e. The van der Waals surface area contributed by atoms with Crippen molar-refractivity contribution in [3.05, 3.63) is 41.8 Å². The predicted octanol–water partition coefficient (Wildman–Crippen LogP) is 3.02. The van der Waals surface area contributed by atoms with Crippen LogP contribution in [0.1, 0.15) is 13.3 Å². The van der Waals surface area contributed by atoms with Crippen LogP contribution in [0.15, 0.2) is 36.5 Å². The minimum atomic E-state index is -0.295. The van der Waals surface area contributed by atoms with E-state index in [1.807, 2.05) is 42.2 Å². The van der Waals surface area contributed by atoms with Crippen LogP contribution in [0.3, 0.4) is 0 Å². The fourth-order valence-electron chi connectivity index (χ4n) is 2.61. The van der Waals surface area contributed by atoms with Crippen LogP contribution in [0.25, 0.3) is 0 Å². The van der Waals surface area contributed by atoms with Crippen molar-refractivity contribution in [3.63, 3.8) is 0 Å². The molecule has 0 bridgehead atoms. The first kappa shape index (κ1) is 13.8. The number of nitrogens with zero attached hydrogens (tertiary/aromatic N) is 4. The van der Waals surface area contributed by atoms with Crippen LogP contribution in [-0.4, -0.2) is 29.0 Å². The first-order valence-electron chi connectivity index (χ1n) is 6.78. The number of aromatic nitrogens is 2. The molecule has 0 radical (unpaired) electrons. The SMILES string of the molecule is CCC1C(=O)N(C)c2cnc(Cl)nc2N1c1ccccc1. The molecular formula is C15H15ClN4O. The number of carbonyl (C=O) groups is 1. The van der Waals surface area contributed by atoms with Gasteiger partial charge in [0.15, 0.2) is 5.82 Å². The number of rotatable bonds is 2. The monoisotopic (exact) mass is 302 g/mol. The molecule has 6 heteroatoms. The van der Waals surface area contributed by atoms with E-state index in [0.717, 1.165) is 5.69 Å². The van der Waals surface area contributed by atoms with E-state index < -0.39 is 0 Å². The lowest BCUT2D eigenvalue weighted by atomic mass is 10.1. The molecule has 1 amide bonds. The van der Waals surface area contributed by atoms with Gasteiger partial charge in [-0.25, -0.2) is 4.98 Å². The van der Waals surface area contributed by atoms with Gasteiger partial charge in [-0.3, -0.25) is 4.79 Å². The van der Waals surface area contributed by atoms with E-state index in [1.165, 1.54) is 0 Å². The van der Waals surface area contributed by atoms with E-state index in [0.29, 0.717) is 17.9 Å². The molecule has 2 aromatic rings. The Morgan fingerprint density at radius 2 is 2.00 bits per heavy atom. The third kappa shape index (κ3) is 2.23. The molecule has 0 spiro atoms. The average Bonchev–Trinajstić information content (AvgIpc) is 2.51. The molecule has 0 saturated heterocycles. The second-order valence-corrected chi connectivity index (χ2v) is 5.21. The Balaban J connectivity index is 2.22. The van der Waals surface area contributed by atoms with E-state index in [4.69, 9.17) is 11.6 Å². The van der Waals surface area contributed by atoms with Gasteiger partial charge < -0.3 is 9.80 Å². The van der Waals surface area contributed by atoms with Crippen LogP contribution >= 0.6 is 11.6 Å². The Hall–Kier alpha value is -2.14. The molecule has 21 heavy (non-hydrogen) atoms. The van der Waals surface area contributed by atoms with Gasteiger partial charge in [-0.1, -0.05) is 25.1 Å². The number of hydrogen-bond donors (Lipinski definition) is 0. The zero-order chi connectivity index (χ0) is 15.0. The van der Waals surface area contributed by atoms with Crippen molar-refractivity contribution in [2.45, 2.75) is 19.4 Å². The van der Waals surface area contributed by atoms with Crippen molar-refractivity contribution in [2.75, 3.05) is 16.8 Å². The second-order valence-electron chi connectivity index (χ2n) is 4.87. The van der Waals surface area contributed by atoms with Gasteiger partial charge in [-0.05, 0) is 30.2 Å². The number of amides is 1. The van der Waals surface area contributed by atoms with Crippen molar-refractivity contribution in [3.8, 4) is 0 Å². The minimum absolute atomic E-state index is 0.0276. The van der Waals surface area contributed by atoms with Crippen LogP contribution in [0.5, 0.6) is 0 Å². The minimum Gasteiger partial charge on any atom is -0.312 e. The Morgan fingerprint density at radius 1 is 1.29 bits per heavy atom. The van der Waals surface area contributed by atoms with E-state index >= 15 is 0 Å². The summed E-state index contributed by atoms with van der Waals surface area (Å²) in [5, 5.41) is 0.173. The van der Waals surface area contributed by atoms with Gasteiger partial charge >= 0.3 is 0 Å². The van der Waals surface area contributed by atoms with Gasteiger partial charge in [0.2, 0.25) is 11.2 Å². The number of halogens is 1. The first-order chi connectivity index (χ1) is 10.1. The molecule has 5 nitrogen and oxygen atoms in total. The van der Waals surface area contributed by atoms with E-state index in [9.17, 15) is 4.79 Å². The van der Waals surface area contributed by atoms with E-state index in [-0.39, 0.29) is 17.2 Å². The molecule has 0 fully saturated rings. The molecule has 1 unspecified atom stereocenters. The molecule has 0 saturated carbocycles. The van der Waals surface area contributed by atoms with Gasteiger partial charge in [0.1, 0.15) is 11.7 Å². The molecule has 1 aliphatic rings. The molecule has 1 atom stereocenters. The lowest BCUT2D eigenvalue weighted by molar-refractivity contribution is -0.119. The summed E-state index contributed by atoms with van der Waals surface area (Å²) in [5.41, 5.74) is 1.58. The summed E-state index contributed by atoms with van der Waals surface area (Å²) in [6, 6.07) is 9.44. The topological polar surface area (TPSA) is 49.3 Å². The summed E-state index contributed by atoms with van der Waals surface area (Å²) < 4.78 is 0. The summed E-state index contributed by atoms with van der Waals surface area (Å²) in [6.07, 6.45) is 2.27. The maximum Gasteiger partial charge on any atom is 0.250 e. The number of hydrogen-bond acceptors (Lipinski definition) is 4. The third-order valence-corrected chi connectivity index (χ3v) is 3.84. The van der Waals surface area contributed by atoms with Gasteiger partial charge in [-0.2, -0.15) is 4.98 Å². The zero-order valence-corrected chi connectivity index (χ0v) is 12.6. The molecule has 1 aromatic carbocycles. The van der Waals surface area contributed by atoms with Crippen molar-refractivity contribution < 1.29 is 4.79 Å². The summed E-state index contributed by atoms with van der Waals surface area (Å²) in [7, 11) is 1.74. The molecule has 0 aliphatic carbocycles. The number of anilines is 3. The van der Waals surface area contributed by atoms with Gasteiger partial charge in [0.05, 0.1) is 6.20 Å². The van der Waals surface area contributed by atoms with E-state index in [2.05, 4.69) is 9.97 Å². The molecular weight excluding hydrogens is 288 g/mol. The summed E-state index contributed by atoms with van der Waals surface area (Å²) in [5.74, 6) is 0.690. The molecule has 108 valence electrons. The van der Waals surface area contributed by atoms with Crippen molar-refractivity contribution in [1.82, 2.24) is 9.97 Å². The van der Waals surface area contributed by atoms with Crippen molar-refractivity contribution in [2.24, 2.45) is 0 Å². The highest BCUT2D eigenvalue weighted by Gasteiger charge is 2.37. The van der Waals surface area contributed by atoms with Gasteiger partial charge in [0.25, 0.3) is 0 Å². The highest BCUT2D eigenvalue weighted by Crippen LogP contribution is 2.39. The summed E-state index contributed by atoms with van der Waals surface area (Å²) >= 11 is 5.95. The van der Waals surface area contributed by atoms with Gasteiger partial charge in [-0.15, -0.1) is 0 Å². The Kier molecular flexibility index (Phi) is 3.51. The lowest BCUT2D eigenvalue weighted by Crippen LogP contribution is -2.50. The number of fused-ring (bicyclic) bond motifs is 1. The quantitative estimate of drug-likeness (QED) is 0.800. The lowest BCUT2D eigenvalue weighted by Gasteiger charge is -2.40. The van der Waals surface area contributed by atoms with Gasteiger partial charge in [0, 0.05) is 12.7 Å². The second kappa shape index (κ2) is 5.33. The summed E-state index contributed by atoms with van der Waals surface area (Å²) in [4.78, 5) is 24.4. The molecule has 2 heterocycles. The largest absolute Gasteiger partial charge is 0.312 e. The van der Waals surface area contributed by atoms with E-state index in [1.54, 1.807) is 18.1 Å². The fourth-order valence-corrected chi connectivity index (χ4v) is 2.74. The number of benzene rings is 1. The maximum atomic E-state index is 12.6. The molecule has 3 rings (SSSR count). The van der Waals surface area contributed by atoms with Crippen LogP contribution < -0.4 is 9.80 Å². The highest BCUT2D eigenvalue weighted by atomic mass is 35.5. The summed E-state index contributed by atoms with van der Waals surface area (Å²) in [6.45, 7) is 1.99. The average molecular weight is 303 g/mol. The molecule has 1 aliphatic heterocycles. The van der Waals surface area contributed by atoms with Crippen LogP contribution in [0, 0.1) is 0 Å². The van der Waals surface area contributed by atoms with Crippen molar-refractivity contribution >= 4 is 34.7 Å². The number of likely N-dealkylation sites (N-methyl/N-ethyl adjacent to an activating group) is 1. The maximum absolute atomic E-state index is 12.6. The van der Waals surface area contributed by atoms with Crippen molar-refractivity contribution in [1.29, 1.82) is 0 Å². The third-order valence-electron chi connectivity index (χ3n) is 3.66. The fraction of sp³-hybridized carbons (Fsp3) is 0.267. The highest BCUT2D eigenvalue weighted by molar-refractivity contribution is 6.28. The number of para-hydroxylation sites is 1. The van der Waals surface area contributed by atoms with Crippen LogP contribution in [0.4, 0.5) is 17.2 Å². The molecule has 1 aromatic heterocycles. The predicted molar refractivity (Wildman–Crippen MR) is 83.1 cm³/mol. The normalized spacial score (nSPS) is 17.9. The van der Waals surface area contributed by atoms with Crippen LogP contribution in [0.2, 0.25) is 5.28 Å². The zero-order valence-electron chi connectivity index (χ0n) is 11.8. The van der Waals surface area contributed by atoms with Crippen LogP contribution in [-0.2, 0) is 4.79 Å². The first-order valence-corrected chi connectivity index (χ1v) is 7.15. The number of carbonyl (C=O) groups excluding carboxylic acids is 1. The molecule has 0 N–H and O–H groups in total.